The highest BCUT2D eigenvalue weighted by molar-refractivity contribution is 7.21. The average Bonchev–Trinajstić information content (AvgIpc) is 3.26. The van der Waals surface area contributed by atoms with Crippen LogP contribution in [0.1, 0.15) is 16.1 Å². The summed E-state index contributed by atoms with van der Waals surface area (Å²) in [5, 5.41) is 1.43. The Balaban J connectivity index is 1.54. The lowest BCUT2D eigenvalue weighted by molar-refractivity contribution is 0.104. The van der Waals surface area contributed by atoms with E-state index in [0.29, 0.717) is 22.1 Å². The molecule has 5 heteroatoms. The Morgan fingerprint density at radius 2 is 1.84 bits per heavy atom. The Morgan fingerprint density at radius 1 is 1.04 bits per heavy atom. The van der Waals surface area contributed by atoms with Crippen LogP contribution in [0, 0.1) is 0 Å². The number of allylic oxidation sites excluding steroid dienone is 1. The second-order valence-electron chi connectivity index (χ2n) is 5.39. The molecule has 2 aromatic heterocycles. The van der Waals surface area contributed by atoms with E-state index in [1.807, 2.05) is 36.4 Å². The van der Waals surface area contributed by atoms with E-state index >= 15 is 0 Å². The van der Waals surface area contributed by atoms with Crippen molar-refractivity contribution in [2.45, 2.75) is 0 Å². The van der Waals surface area contributed by atoms with Crippen molar-refractivity contribution in [1.29, 1.82) is 0 Å². The number of hydrogen-bond acceptors (Lipinski definition) is 4. The van der Waals surface area contributed by atoms with Gasteiger partial charge >= 0.3 is 0 Å². The zero-order valence-corrected chi connectivity index (χ0v) is 14.6. The molecule has 122 valence electrons. The molecule has 3 nitrogen and oxygen atoms in total. The lowest BCUT2D eigenvalue weighted by atomic mass is 10.1. The van der Waals surface area contributed by atoms with Crippen molar-refractivity contribution < 1.29 is 9.21 Å². The molecule has 0 aliphatic carbocycles. The fourth-order valence-corrected chi connectivity index (χ4v) is 3.46. The van der Waals surface area contributed by atoms with Gasteiger partial charge in [-0.15, -0.1) is 11.3 Å². The van der Waals surface area contributed by atoms with Crippen molar-refractivity contribution in [3.05, 3.63) is 83.1 Å². The molecule has 25 heavy (non-hydrogen) atoms. The molecule has 0 spiro atoms. The fraction of sp³-hybridized carbons (Fsp3) is 0. The molecule has 2 aromatic carbocycles. The molecule has 0 aliphatic rings. The maximum Gasteiger partial charge on any atom is 0.185 e. The molecular formula is C20H12ClNO2S. The number of ketones is 1. The Hall–Kier alpha value is -2.69. The summed E-state index contributed by atoms with van der Waals surface area (Å²) >= 11 is 7.41. The Bertz CT molecular complexity index is 1040. The van der Waals surface area contributed by atoms with E-state index in [2.05, 4.69) is 4.98 Å². The van der Waals surface area contributed by atoms with Gasteiger partial charge in [-0.05, 0) is 60.7 Å². The van der Waals surface area contributed by atoms with Crippen LogP contribution in [0.15, 0.2) is 71.2 Å². The van der Waals surface area contributed by atoms with Crippen LogP contribution < -0.4 is 0 Å². The summed E-state index contributed by atoms with van der Waals surface area (Å²) < 4.78 is 6.91. The summed E-state index contributed by atoms with van der Waals surface area (Å²) in [6.07, 6.45) is 3.15. The number of rotatable bonds is 4. The molecule has 0 fully saturated rings. The van der Waals surface area contributed by atoms with Crippen LogP contribution in [-0.4, -0.2) is 10.8 Å². The Morgan fingerprint density at radius 3 is 2.64 bits per heavy atom. The van der Waals surface area contributed by atoms with E-state index in [1.165, 1.54) is 6.08 Å². The van der Waals surface area contributed by atoms with Crippen molar-refractivity contribution in [1.82, 2.24) is 4.98 Å². The molecule has 0 saturated carbocycles. The molecule has 4 rings (SSSR count). The monoisotopic (exact) mass is 365 g/mol. The predicted molar refractivity (Wildman–Crippen MR) is 102 cm³/mol. The van der Waals surface area contributed by atoms with Crippen LogP contribution in [-0.2, 0) is 0 Å². The standard InChI is InChI=1S/C20H12ClNO2S/c21-14-7-5-13(6-8-14)17(23)11-9-15-10-12-18(24-15)20-22-16-3-1-2-4-19(16)25-20/h1-12H/b11-9+. The van der Waals surface area contributed by atoms with Gasteiger partial charge in [0.1, 0.15) is 5.76 Å². The molecule has 0 aliphatic heterocycles. The number of nitrogens with zero attached hydrogens (tertiary/aromatic N) is 1. The first-order valence-corrected chi connectivity index (χ1v) is 8.82. The highest BCUT2D eigenvalue weighted by Crippen LogP contribution is 2.31. The minimum absolute atomic E-state index is 0.102. The molecule has 0 saturated heterocycles. The second kappa shape index (κ2) is 6.67. The summed E-state index contributed by atoms with van der Waals surface area (Å²) in [4.78, 5) is 16.7. The van der Waals surface area contributed by atoms with E-state index in [1.54, 1.807) is 41.7 Å². The second-order valence-corrected chi connectivity index (χ2v) is 6.86. The number of hydrogen-bond donors (Lipinski definition) is 0. The SMILES string of the molecule is O=C(/C=C/c1ccc(-c2nc3ccccc3s2)o1)c1ccc(Cl)cc1. The summed E-state index contributed by atoms with van der Waals surface area (Å²) in [6, 6.07) is 18.4. The van der Waals surface area contributed by atoms with E-state index in [9.17, 15) is 4.79 Å². The number of carbonyl (C=O) groups is 1. The highest BCUT2D eigenvalue weighted by Gasteiger charge is 2.09. The number of aromatic nitrogens is 1. The summed E-state index contributed by atoms with van der Waals surface area (Å²) in [5.41, 5.74) is 1.53. The molecule has 0 bridgehead atoms. The van der Waals surface area contributed by atoms with Gasteiger partial charge in [0, 0.05) is 10.6 Å². The number of carbonyl (C=O) groups excluding carboxylic acids is 1. The number of para-hydroxylation sites is 1. The van der Waals surface area contributed by atoms with E-state index in [0.717, 1.165) is 15.2 Å². The van der Waals surface area contributed by atoms with E-state index in [-0.39, 0.29) is 5.78 Å². The third-order valence-electron chi connectivity index (χ3n) is 3.66. The third kappa shape index (κ3) is 3.40. The van der Waals surface area contributed by atoms with Crippen molar-refractivity contribution in [3.63, 3.8) is 0 Å². The minimum Gasteiger partial charge on any atom is -0.454 e. The average molecular weight is 366 g/mol. The van der Waals surface area contributed by atoms with Crippen LogP contribution in [0.2, 0.25) is 5.02 Å². The molecule has 4 aromatic rings. The van der Waals surface area contributed by atoms with Gasteiger partial charge in [-0.3, -0.25) is 4.79 Å². The minimum atomic E-state index is -0.102. The maximum atomic E-state index is 12.1. The molecule has 0 N–H and O–H groups in total. The molecule has 2 heterocycles. The van der Waals surface area contributed by atoms with Crippen LogP contribution in [0.5, 0.6) is 0 Å². The van der Waals surface area contributed by atoms with Gasteiger partial charge in [0.2, 0.25) is 0 Å². The summed E-state index contributed by atoms with van der Waals surface area (Å²) in [6.45, 7) is 0. The Kier molecular flexibility index (Phi) is 4.22. The van der Waals surface area contributed by atoms with Crippen molar-refractivity contribution in [3.8, 4) is 10.8 Å². The molecular weight excluding hydrogens is 354 g/mol. The van der Waals surface area contributed by atoms with Gasteiger partial charge in [-0.25, -0.2) is 4.98 Å². The van der Waals surface area contributed by atoms with Gasteiger partial charge in [0.05, 0.1) is 10.2 Å². The number of fused-ring (bicyclic) bond motifs is 1. The fourth-order valence-electron chi connectivity index (χ4n) is 2.40. The van der Waals surface area contributed by atoms with Gasteiger partial charge in [-0.2, -0.15) is 0 Å². The topological polar surface area (TPSA) is 43.1 Å². The van der Waals surface area contributed by atoms with E-state index < -0.39 is 0 Å². The summed E-state index contributed by atoms with van der Waals surface area (Å²) in [7, 11) is 0. The quantitative estimate of drug-likeness (QED) is 0.324. The molecule has 0 atom stereocenters. The lowest BCUT2D eigenvalue weighted by Gasteiger charge is -1.95. The van der Waals surface area contributed by atoms with Crippen LogP contribution in [0.3, 0.4) is 0 Å². The first-order chi connectivity index (χ1) is 12.2. The first kappa shape index (κ1) is 15.8. The maximum absolute atomic E-state index is 12.1. The normalized spacial score (nSPS) is 11.4. The first-order valence-electron chi connectivity index (χ1n) is 7.63. The number of thiazole rings is 1. The number of halogens is 1. The summed E-state index contributed by atoms with van der Waals surface area (Å²) in [5.74, 6) is 1.20. The Labute approximate surface area is 153 Å². The zero-order valence-electron chi connectivity index (χ0n) is 13.0. The van der Waals surface area contributed by atoms with Crippen LogP contribution >= 0.6 is 22.9 Å². The molecule has 0 unspecified atom stereocenters. The van der Waals surface area contributed by atoms with Crippen LogP contribution in [0.25, 0.3) is 27.1 Å². The number of furan rings is 1. The van der Waals surface area contributed by atoms with E-state index in [4.69, 9.17) is 16.0 Å². The van der Waals surface area contributed by atoms with Crippen molar-refractivity contribution in [2.24, 2.45) is 0 Å². The van der Waals surface area contributed by atoms with Gasteiger partial charge in [0.25, 0.3) is 0 Å². The van der Waals surface area contributed by atoms with Gasteiger partial charge in [0.15, 0.2) is 16.6 Å². The van der Waals surface area contributed by atoms with Crippen molar-refractivity contribution >= 4 is 45.0 Å². The number of benzene rings is 2. The smallest absolute Gasteiger partial charge is 0.185 e. The highest BCUT2D eigenvalue weighted by atomic mass is 35.5. The predicted octanol–water partition coefficient (Wildman–Crippen LogP) is 6.11. The van der Waals surface area contributed by atoms with Gasteiger partial charge in [-0.1, -0.05) is 23.7 Å². The lowest BCUT2D eigenvalue weighted by Crippen LogP contribution is -1.92. The van der Waals surface area contributed by atoms with Crippen LogP contribution in [0.4, 0.5) is 0 Å². The zero-order chi connectivity index (χ0) is 17.2. The van der Waals surface area contributed by atoms with Crippen molar-refractivity contribution in [2.75, 3.05) is 0 Å². The largest absolute Gasteiger partial charge is 0.454 e. The molecule has 0 radical (unpaired) electrons. The third-order valence-corrected chi connectivity index (χ3v) is 4.96. The van der Waals surface area contributed by atoms with Gasteiger partial charge < -0.3 is 4.42 Å². The molecule has 0 amide bonds.